The lowest BCUT2D eigenvalue weighted by Gasteiger charge is -2.14. The van der Waals surface area contributed by atoms with Crippen LogP contribution in [-0.4, -0.2) is 12.4 Å². The molecule has 0 unspecified atom stereocenters. The predicted octanol–water partition coefficient (Wildman–Crippen LogP) is 4.71. The second kappa shape index (κ2) is 8.41. The Balaban J connectivity index is 2.47. The molecule has 1 aromatic carbocycles. The van der Waals surface area contributed by atoms with Crippen LogP contribution in [0.3, 0.4) is 0 Å². The summed E-state index contributed by atoms with van der Waals surface area (Å²) in [4.78, 5) is 0. The summed E-state index contributed by atoms with van der Waals surface area (Å²) in [6.07, 6.45) is 4.62. The molecule has 0 radical (unpaired) electrons. The Hall–Kier alpha value is -0.690. The van der Waals surface area contributed by atoms with Crippen molar-refractivity contribution in [3.05, 3.63) is 29.8 Å². The van der Waals surface area contributed by atoms with Crippen LogP contribution in [0.25, 0.3) is 0 Å². The molecule has 1 nitrogen and oxygen atoms in total. The number of rotatable bonds is 8. The quantitative estimate of drug-likeness (QED) is 0.662. The molecule has 0 spiro atoms. The monoisotopic (exact) mass is 253 g/mol. The summed E-state index contributed by atoms with van der Waals surface area (Å²) in [5, 5.41) is 3.53. The molecular weight excluding hydrogens is 230 g/mol. The third kappa shape index (κ3) is 5.45. The standard InChI is InChI=1S/C15H24ClN/c1-3-13(4-2)12-17-15-9-5-7-14(11-15)8-6-10-16/h5,7,9,11,13,17H,3-4,6,8,10,12H2,1-2H3. The van der Waals surface area contributed by atoms with Crippen molar-refractivity contribution >= 4 is 17.3 Å². The first-order valence-electron chi connectivity index (χ1n) is 6.68. The van der Waals surface area contributed by atoms with E-state index in [0.717, 1.165) is 31.2 Å². The molecule has 0 amide bonds. The maximum absolute atomic E-state index is 5.72. The smallest absolute Gasteiger partial charge is 0.0343 e. The Morgan fingerprint density at radius 3 is 2.65 bits per heavy atom. The Morgan fingerprint density at radius 1 is 1.24 bits per heavy atom. The van der Waals surface area contributed by atoms with E-state index in [9.17, 15) is 0 Å². The summed E-state index contributed by atoms with van der Waals surface area (Å²) in [6, 6.07) is 8.69. The number of hydrogen-bond donors (Lipinski definition) is 1. The van der Waals surface area contributed by atoms with Gasteiger partial charge in [-0.3, -0.25) is 0 Å². The first-order valence-corrected chi connectivity index (χ1v) is 7.22. The zero-order chi connectivity index (χ0) is 12.5. The van der Waals surface area contributed by atoms with Crippen LogP contribution in [0.5, 0.6) is 0 Å². The van der Waals surface area contributed by atoms with Crippen molar-refractivity contribution in [3.63, 3.8) is 0 Å². The molecule has 0 atom stereocenters. The summed E-state index contributed by atoms with van der Waals surface area (Å²) < 4.78 is 0. The maximum Gasteiger partial charge on any atom is 0.0343 e. The van der Waals surface area contributed by atoms with Gasteiger partial charge in [0.25, 0.3) is 0 Å². The first-order chi connectivity index (χ1) is 8.30. The molecule has 0 aliphatic rings. The van der Waals surface area contributed by atoms with Crippen LogP contribution in [0, 0.1) is 5.92 Å². The number of anilines is 1. The van der Waals surface area contributed by atoms with Crippen LogP contribution in [-0.2, 0) is 6.42 Å². The lowest BCUT2D eigenvalue weighted by atomic mass is 10.0. The van der Waals surface area contributed by atoms with Gasteiger partial charge in [0, 0.05) is 18.1 Å². The molecule has 96 valence electrons. The fraction of sp³-hybridized carbons (Fsp3) is 0.600. The van der Waals surface area contributed by atoms with Crippen molar-refractivity contribution in [2.45, 2.75) is 39.5 Å². The molecule has 0 aliphatic heterocycles. The van der Waals surface area contributed by atoms with E-state index in [4.69, 9.17) is 11.6 Å². The average molecular weight is 254 g/mol. The van der Waals surface area contributed by atoms with Crippen LogP contribution in [0.1, 0.15) is 38.7 Å². The number of hydrogen-bond acceptors (Lipinski definition) is 1. The summed E-state index contributed by atoms with van der Waals surface area (Å²) in [7, 11) is 0. The second-order valence-electron chi connectivity index (χ2n) is 4.56. The highest BCUT2D eigenvalue weighted by molar-refractivity contribution is 6.17. The van der Waals surface area contributed by atoms with Gasteiger partial charge in [-0.2, -0.15) is 0 Å². The van der Waals surface area contributed by atoms with Crippen molar-refractivity contribution < 1.29 is 0 Å². The summed E-state index contributed by atoms with van der Waals surface area (Å²) in [5.74, 6) is 1.52. The SMILES string of the molecule is CCC(CC)CNc1cccc(CCCCl)c1. The van der Waals surface area contributed by atoms with Gasteiger partial charge in [-0.15, -0.1) is 11.6 Å². The van der Waals surface area contributed by atoms with Gasteiger partial charge in [0.1, 0.15) is 0 Å². The number of benzene rings is 1. The normalized spacial score (nSPS) is 10.8. The molecule has 17 heavy (non-hydrogen) atoms. The van der Waals surface area contributed by atoms with E-state index in [0.29, 0.717) is 0 Å². The summed E-state index contributed by atoms with van der Waals surface area (Å²) in [5.41, 5.74) is 2.61. The van der Waals surface area contributed by atoms with Gasteiger partial charge < -0.3 is 5.32 Å². The molecule has 1 N–H and O–H groups in total. The molecule has 0 saturated carbocycles. The number of nitrogens with one attached hydrogen (secondary N) is 1. The van der Waals surface area contributed by atoms with Gasteiger partial charge in [-0.25, -0.2) is 0 Å². The Kier molecular flexibility index (Phi) is 7.11. The van der Waals surface area contributed by atoms with Crippen LogP contribution in [0.4, 0.5) is 5.69 Å². The lowest BCUT2D eigenvalue weighted by molar-refractivity contribution is 0.519. The molecule has 0 saturated heterocycles. The Morgan fingerprint density at radius 2 is 2.00 bits per heavy atom. The van der Waals surface area contributed by atoms with Crippen LogP contribution in [0.2, 0.25) is 0 Å². The fourth-order valence-electron chi connectivity index (χ4n) is 1.95. The molecule has 0 fully saturated rings. The van der Waals surface area contributed by atoms with Crippen LogP contribution < -0.4 is 5.32 Å². The van der Waals surface area contributed by atoms with E-state index >= 15 is 0 Å². The lowest BCUT2D eigenvalue weighted by Crippen LogP contribution is -2.12. The van der Waals surface area contributed by atoms with E-state index in [1.54, 1.807) is 0 Å². The number of alkyl halides is 1. The zero-order valence-corrected chi connectivity index (χ0v) is 11.8. The van der Waals surface area contributed by atoms with Crippen molar-refractivity contribution in [2.24, 2.45) is 5.92 Å². The van der Waals surface area contributed by atoms with E-state index in [-0.39, 0.29) is 0 Å². The minimum absolute atomic E-state index is 0.741. The molecule has 0 bridgehead atoms. The number of aryl methyl sites for hydroxylation is 1. The Labute approximate surface area is 111 Å². The molecule has 1 aromatic rings. The van der Waals surface area contributed by atoms with Crippen molar-refractivity contribution in [3.8, 4) is 0 Å². The minimum Gasteiger partial charge on any atom is -0.385 e. The van der Waals surface area contributed by atoms with Crippen molar-refractivity contribution in [1.82, 2.24) is 0 Å². The zero-order valence-electron chi connectivity index (χ0n) is 11.0. The van der Waals surface area contributed by atoms with Gasteiger partial charge in [-0.05, 0) is 36.5 Å². The maximum atomic E-state index is 5.72. The molecule has 2 heteroatoms. The third-order valence-corrected chi connectivity index (χ3v) is 3.54. The molecule has 0 heterocycles. The van der Waals surface area contributed by atoms with Crippen LogP contribution in [0.15, 0.2) is 24.3 Å². The molecule has 1 rings (SSSR count). The van der Waals surface area contributed by atoms with E-state index < -0.39 is 0 Å². The van der Waals surface area contributed by atoms with Gasteiger partial charge in [-0.1, -0.05) is 38.8 Å². The highest BCUT2D eigenvalue weighted by Crippen LogP contribution is 2.15. The third-order valence-electron chi connectivity index (χ3n) is 3.28. The van der Waals surface area contributed by atoms with Gasteiger partial charge in [0.05, 0.1) is 0 Å². The van der Waals surface area contributed by atoms with E-state index in [2.05, 4.69) is 43.4 Å². The van der Waals surface area contributed by atoms with Crippen molar-refractivity contribution in [2.75, 3.05) is 17.7 Å². The highest BCUT2D eigenvalue weighted by Gasteiger charge is 2.03. The fourth-order valence-corrected chi connectivity index (χ4v) is 2.08. The van der Waals surface area contributed by atoms with Gasteiger partial charge in [0.2, 0.25) is 0 Å². The van der Waals surface area contributed by atoms with Crippen molar-refractivity contribution in [1.29, 1.82) is 0 Å². The second-order valence-corrected chi connectivity index (χ2v) is 4.93. The summed E-state index contributed by atoms with van der Waals surface area (Å²) in [6.45, 7) is 5.59. The Bertz CT molecular complexity index is 308. The molecular formula is C15H24ClN. The topological polar surface area (TPSA) is 12.0 Å². The van der Waals surface area contributed by atoms with Crippen LogP contribution >= 0.6 is 11.6 Å². The first kappa shape index (κ1) is 14.4. The van der Waals surface area contributed by atoms with E-state index in [1.165, 1.54) is 24.1 Å². The average Bonchev–Trinajstić information content (AvgIpc) is 2.38. The highest BCUT2D eigenvalue weighted by atomic mass is 35.5. The minimum atomic E-state index is 0.741. The van der Waals surface area contributed by atoms with Gasteiger partial charge >= 0.3 is 0 Å². The van der Waals surface area contributed by atoms with E-state index in [1.807, 2.05) is 0 Å². The largest absolute Gasteiger partial charge is 0.385 e. The predicted molar refractivity (Wildman–Crippen MR) is 78.0 cm³/mol. The molecule has 0 aliphatic carbocycles. The summed E-state index contributed by atoms with van der Waals surface area (Å²) >= 11 is 5.72. The number of halogens is 1. The molecule has 0 aromatic heterocycles. The van der Waals surface area contributed by atoms with Gasteiger partial charge in [0.15, 0.2) is 0 Å².